The molecular formula is C15H18F3NO3S. The molecule has 1 heterocycles. The predicted molar refractivity (Wildman–Crippen MR) is 78.8 cm³/mol. The molecule has 1 aromatic rings. The van der Waals surface area contributed by atoms with Crippen LogP contribution < -0.4 is 5.32 Å². The Hall–Kier alpha value is -1.28. The van der Waals surface area contributed by atoms with Crippen molar-refractivity contribution in [1.82, 2.24) is 0 Å². The Morgan fingerprint density at radius 2 is 1.74 bits per heavy atom. The van der Waals surface area contributed by atoms with E-state index in [4.69, 9.17) is 4.74 Å². The molecule has 1 saturated heterocycles. The molecule has 0 amide bonds. The van der Waals surface area contributed by atoms with E-state index < -0.39 is 20.2 Å². The normalized spacial score (nSPS) is 26.0. The fraction of sp³-hybridized carbons (Fsp3) is 0.600. The molecule has 4 nitrogen and oxygen atoms in total. The molecule has 0 spiro atoms. The fourth-order valence-corrected chi connectivity index (χ4v) is 3.62. The zero-order valence-electron chi connectivity index (χ0n) is 12.3. The minimum absolute atomic E-state index is 0.194. The van der Waals surface area contributed by atoms with Crippen LogP contribution in [0.4, 0.5) is 18.9 Å². The summed E-state index contributed by atoms with van der Waals surface area (Å²) in [6.07, 6.45) is 4.34. The molecule has 2 aliphatic rings. The minimum Gasteiger partial charge on any atom is -0.382 e. The van der Waals surface area contributed by atoms with Crippen LogP contribution in [0.25, 0.3) is 0 Å². The first-order valence-corrected chi connectivity index (χ1v) is 9.05. The first kappa shape index (κ1) is 16.6. The Kier molecular flexibility index (Phi) is 4.31. The molecule has 8 heteroatoms. The Morgan fingerprint density at radius 3 is 2.30 bits per heavy atom. The average Bonchev–Trinajstić information content (AvgIpc) is 3.31. The SMILES string of the molecule is O=S(=O)(c1ccc(NC2CCOC(C3CC3)C2)cc1)C(F)(F)F. The van der Waals surface area contributed by atoms with Crippen LogP contribution in [-0.4, -0.2) is 32.7 Å². The van der Waals surface area contributed by atoms with Gasteiger partial charge in [-0.15, -0.1) is 0 Å². The zero-order chi connectivity index (χ0) is 16.7. The van der Waals surface area contributed by atoms with Gasteiger partial charge in [0.15, 0.2) is 0 Å². The van der Waals surface area contributed by atoms with Crippen molar-refractivity contribution in [3.8, 4) is 0 Å². The number of halogens is 3. The zero-order valence-corrected chi connectivity index (χ0v) is 13.2. The van der Waals surface area contributed by atoms with Crippen LogP contribution in [0.15, 0.2) is 29.2 Å². The van der Waals surface area contributed by atoms with Gasteiger partial charge in [-0.25, -0.2) is 8.42 Å². The van der Waals surface area contributed by atoms with Crippen molar-refractivity contribution < 1.29 is 26.3 Å². The van der Waals surface area contributed by atoms with Crippen molar-refractivity contribution in [3.05, 3.63) is 24.3 Å². The van der Waals surface area contributed by atoms with E-state index in [-0.39, 0.29) is 12.1 Å². The Morgan fingerprint density at radius 1 is 1.09 bits per heavy atom. The largest absolute Gasteiger partial charge is 0.501 e. The second-order valence-corrected chi connectivity index (χ2v) is 8.03. The molecule has 3 rings (SSSR count). The number of alkyl halides is 3. The van der Waals surface area contributed by atoms with Crippen LogP contribution in [0.3, 0.4) is 0 Å². The Balaban J connectivity index is 1.66. The minimum atomic E-state index is -5.29. The molecule has 0 radical (unpaired) electrons. The second kappa shape index (κ2) is 5.98. The number of anilines is 1. The summed E-state index contributed by atoms with van der Waals surface area (Å²) in [5.41, 5.74) is -4.66. The highest BCUT2D eigenvalue weighted by Crippen LogP contribution is 2.38. The molecule has 0 aromatic heterocycles. The van der Waals surface area contributed by atoms with Crippen molar-refractivity contribution in [2.45, 2.75) is 48.2 Å². The molecule has 1 N–H and O–H groups in total. The third kappa shape index (κ3) is 3.63. The van der Waals surface area contributed by atoms with Crippen molar-refractivity contribution >= 4 is 15.5 Å². The molecule has 1 saturated carbocycles. The van der Waals surface area contributed by atoms with Gasteiger partial charge in [-0.2, -0.15) is 13.2 Å². The fourth-order valence-electron chi connectivity index (χ4n) is 2.86. The summed E-state index contributed by atoms with van der Waals surface area (Å²) in [7, 11) is -5.29. The van der Waals surface area contributed by atoms with E-state index in [0.29, 0.717) is 18.2 Å². The van der Waals surface area contributed by atoms with Gasteiger partial charge in [0.25, 0.3) is 9.84 Å². The number of benzene rings is 1. The molecule has 0 bridgehead atoms. The summed E-state index contributed by atoms with van der Waals surface area (Å²) in [6.45, 7) is 0.666. The molecule has 1 aromatic carbocycles. The number of nitrogens with one attached hydrogen (secondary N) is 1. The van der Waals surface area contributed by atoms with E-state index in [1.807, 2.05) is 0 Å². The van der Waals surface area contributed by atoms with Crippen molar-refractivity contribution in [2.24, 2.45) is 5.92 Å². The number of ether oxygens (including phenoxy) is 1. The lowest BCUT2D eigenvalue weighted by atomic mass is 10.00. The van der Waals surface area contributed by atoms with Gasteiger partial charge in [0.2, 0.25) is 0 Å². The van der Waals surface area contributed by atoms with Gasteiger partial charge in [0, 0.05) is 18.3 Å². The van der Waals surface area contributed by atoms with E-state index in [1.54, 1.807) is 0 Å². The first-order valence-electron chi connectivity index (χ1n) is 7.57. The molecule has 2 fully saturated rings. The number of hydrogen-bond donors (Lipinski definition) is 1. The van der Waals surface area contributed by atoms with Crippen LogP contribution in [0, 0.1) is 5.92 Å². The summed E-state index contributed by atoms with van der Waals surface area (Å²) >= 11 is 0. The van der Waals surface area contributed by atoms with E-state index in [2.05, 4.69) is 5.32 Å². The number of rotatable bonds is 4. The summed E-state index contributed by atoms with van der Waals surface area (Å²) < 4.78 is 65.9. The van der Waals surface area contributed by atoms with Gasteiger partial charge in [0.05, 0.1) is 11.0 Å². The van der Waals surface area contributed by atoms with Crippen LogP contribution in [0.2, 0.25) is 0 Å². The third-order valence-electron chi connectivity index (χ3n) is 4.30. The van der Waals surface area contributed by atoms with Crippen LogP contribution in [-0.2, 0) is 14.6 Å². The van der Waals surface area contributed by atoms with Gasteiger partial charge >= 0.3 is 5.51 Å². The highest BCUT2D eigenvalue weighted by molar-refractivity contribution is 7.92. The molecule has 1 aliphatic carbocycles. The number of hydrogen-bond acceptors (Lipinski definition) is 4. The van der Waals surface area contributed by atoms with Gasteiger partial charge < -0.3 is 10.1 Å². The standard InChI is InChI=1S/C15H18F3NO3S/c16-15(17,18)23(20,21)13-5-3-11(4-6-13)19-12-7-8-22-14(9-12)10-1-2-10/h3-6,10,12,14,19H,1-2,7-9H2. The van der Waals surface area contributed by atoms with Crippen molar-refractivity contribution in [2.75, 3.05) is 11.9 Å². The molecule has 128 valence electrons. The topological polar surface area (TPSA) is 55.4 Å². The van der Waals surface area contributed by atoms with E-state index in [0.717, 1.165) is 25.0 Å². The average molecular weight is 349 g/mol. The predicted octanol–water partition coefficient (Wildman–Crippen LogP) is 3.35. The maximum absolute atomic E-state index is 12.5. The molecule has 2 atom stereocenters. The van der Waals surface area contributed by atoms with Crippen LogP contribution >= 0.6 is 0 Å². The highest BCUT2D eigenvalue weighted by Gasteiger charge is 2.46. The second-order valence-electron chi connectivity index (χ2n) is 6.09. The summed E-state index contributed by atoms with van der Waals surface area (Å²) in [5.74, 6) is 0.638. The van der Waals surface area contributed by atoms with Gasteiger partial charge in [-0.05, 0) is 55.9 Å². The van der Waals surface area contributed by atoms with Gasteiger partial charge in [-0.1, -0.05) is 0 Å². The highest BCUT2D eigenvalue weighted by atomic mass is 32.2. The van der Waals surface area contributed by atoms with E-state index >= 15 is 0 Å². The lowest BCUT2D eigenvalue weighted by molar-refractivity contribution is -0.0436. The maximum Gasteiger partial charge on any atom is 0.501 e. The van der Waals surface area contributed by atoms with E-state index in [9.17, 15) is 21.6 Å². The van der Waals surface area contributed by atoms with Crippen LogP contribution in [0.1, 0.15) is 25.7 Å². The summed E-state index contributed by atoms with van der Waals surface area (Å²) in [5, 5.41) is 3.25. The monoisotopic (exact) mass is 349 g/mol. The third-order valence-corrected chi connectivity index (χ3v) is 5.81. The molecule has 23 heavy (non-hydrogen) atoms. The van der Waals surface area contributed by atoms with Crippen LogP contribution in [0.5, 0.6) is 0 Å². The Labute approximate surface area is 132 Å². The lowest BCUT2D eigenvalue weighted by Crippen LogP contribution is -2.35. The maximum atomic E-state index is 12.5. The Bertz CT molecular complexity index is 654. The quantitative estimate of drug-likeness (QED) is 0.906. The molecular weight excluding hydrogens is 331 g/mol. The smallest absolute Gasteiger partial charge is 0.382 e. The lowest BCUT2D eigenvalue weighted by Gasteiger charge is -2.31. The van der Waals surface area contributed by atoms with Crippen molar-refractivity contribution in [3.63, 3.8) is 0 Å². The van der Waals surface area contributed by atoms with Gasteiger partial charge in [0.1, 0.15) is 0 Å². The summed E-state index contributed by atoms with van der Waals surface area (Å²) in [4.78, 5) is -0.738. The first-order chi connectivity index (χ1) is 10.8. The van der Waals surface area contributed by atoms with Gasteiger partial charge in [-0.3, -0.25) is 0 Å². The number of sulfone groups is 1. The van der Waals surface area contributed by atoms with E-state index in [1.165, 1.54) is 25.0 Å². The molecule has 2 unspecified atom stereocenters. The van der Waals surface area contributed by atoms with Crippen molar-refractivity contribution in [1.29, 1.82) is 0 Å². The summed E-state index contributed by atoms with van der Waals surface area (Å²) in [6, 6.07) is 4.92. The molecule has 1 aliphatic heterocycles.